The third-order valence-corrected chi connectivity index (χ3v) is 4.52. The van der Waals surface area contributed by atoms with E-state index >= 15 is 0 Å². The maximum atomic E-state index is 10.5. The number of nitrogens with one attached hydrogen (secondary N) is 2. The molecule has 0 radical (unpaired) electrons. The highest BCUT2D eigenvalue weighted by Crippen LogP contribution is 2.28. The second-order valence-corrected chi connectivity index (χ2v) is 7.06. The lowest BCUT2D eigenvalue weighted by atomic mass is 10.00. The molecule has 2 rings (SSSR count). The highest BCUT2D eigenvalue weighted by atomic mass is 32.1. The number of guanidine groups is 1. The van der Waals surface area contributed by atoms with Crippen molar-refractivity contribution in [3.63, 3.8) is 0 Å². The Morgan fingerprint density at radius 3 is 2.96 bits per heavy atom. The van der Waals surface area contributed by atoms with Crippen LogP contribution in [0.25, 0.3) is 0 Å². The van der Waals surface area contributed by atoms with Gasteiger partial charge in [0, 0.05) is 26.3 Å². The maximum Gasteiger partial charge on any atom is 0.191 e. The summed E-state index contributed by atoms with van der Waals surface area (Å²) in [5, 5.41) is 21.0. The molecule has 0 amide bonds. The van der Waals surface area contributed by atoms with E-state index in [1.165, 1.54) is 12.8 Å². The van der Waals surface area contributed by atoms with Gasteiger partial charge in [-0.15, -0.1) is 0 Å². The van der Waals surface area contributed by atoms with Gasteiger partial charge in [-0.25, -0.2) is 4.99 Å². The quantitative estimate of drug-likeness (QED) is 0.348. The topological polar surface area (TPSA) is 65.9 Å². The van der Waals surface area contributed by atoms with E-state index in [1.807, 2.05) is 23.8 Å². The molecule has 0 spiro atoms. The van der Waals surface area contributed by atoms with Crippen molar-refractivity contribution >= 4 is 17.3 Å². The number of ether oxygens (including phenoxy) is 1. The first-order valence-electron chi connectivity index (χ1n) is 8.47. The van der Waals surface area contributed by atoms with Crippen molar-refractivity contribution < 1.29 is 9.84 Å². The number of rotatable bonds is 10. The fraction of sp³-hybridized carbons (Fsp3) is 0.706. The zero-order chi connectivity index (χ0) is 16.5. The highest BCUT2D eigenvalue weighted by Gasteiger charge is 2.23. The molecule has 130 valence electrons. The van der Waals surface area contributed by atoms with Gasteiger partial charge < -0.3 is 20.5 Å². The Morgan fingerprint density at radius 2 is 2.30 bits per heavy atom. The summed E-state index contributed by atoms with van der Waals surface area (Å²) in [5.74, 6) is 1.56. The van der Waals surface area contributed by atoms with E-state index in [1.54, 1.807) is 18.3 Å². The van der Waals surface area contributed by atoms with E-state index in [-0.39, 0.29) is 0 Å². The standard InChI is InChI=1S/C17H29N3O2S/c1-3-18-16(19-8-4-9-22-11-14-5-6-14)20-13-17(2,21)15-7-10-23-12-15/h7,10,12,14,21H,3-6,8-9,11,13H2,1-2H3,(H2,18,19,20). The van der Waals surface area contributed by atoms with Gasteiger partial charge in [-0.05, 0) is 61.4 Å². The van der Waals surface area contributed by atoms with Gasteiger partial charge in [-0.2, -0.15) is 11.3 Å². The molecule has 3 N–H and O–H groups in total. The van der Waals surface area contributed by atoms with Crippen LogP contribution in [0.15, 0.2) is 21.8 Å². The van der Waals surface area contributed by atoms with E-state index < -0.39 is 5.60 Å². The lowest BCUT2D eigenvalue weighted by molar-refractivity contribution is 0.0677. The molecule has 0 aromatic carbocycles. The summed E-state index contributed by atoms with van der Waals surface area (Å²) in [4.78, 5) is 4.51. The fourth-order valence-electron chi connectivity index (χ4n) is 2.15. The molecular weight excluding hydrogens is 310 g/mol. The molecule has 1 atom stereocenters. The summed E-state index contributed by atoms with van der Waals surface area (Å²) in [6.45, 7) is 7.48. The second kappa shape index (κ2) is 9.25. The summed E-state index contributed by atoms with van der Waals surface area (Å²) in [6.07, 6.45) is 3.62. The monoisotopic (exact) mass is 339 g/mol. The van der Waals surface area contributed by atoms with Crippen LogP contribution in [0.4, 0.5) is 0 Å². The zero-order valence-corrected chi connectivity index (χ0v) is 15.0. The predicted octanol–water partition coefficient (Wildman–Crippen LogP) is 2.33. The molecule has 23 heavy (non-hydrogen) atoms. The molecule has 0 bridgehead atoms. The second-order valence-electron chi connectivity index (χ2n) is 6.28. The van der Waals surface area contributed by atoms with Crippen molar-refractivity contribution in [3.8, 4) is 0 Å². The molecule has 5 nitrogen and oxygen atoms in total. The van der Waals surface area contributed by atoms with Crippen LogP contribution in [-0.4, -0.2) is 43.9 Å². The average Bonchev–Trinajstić information content (AvgIpc) is 3.17. The van der Waals surface area contributed by atoms with E-state index in [9.17, 15) is 5.11 Å². The normalized spacial score (nSPS) is 17.8. The molecule has 1 aromatic heterocycles. The van der Waals surface area contributed by atoms with Crippen LogP contribution in [0.2, 0.25) is 0 Å². The fourth-order valence-corrected chi connectivity index (χ4v) is 2.94. The van der Waals surface area contributed by atoms with Gasteiger partial charge in [0.25, 0.3) is 0 Å². The smallest absolute Gasteiger partial charge is 0.191 e. The van der Waals surface area contributed by atoms with Gasteiger partial charge in [0.05, 0.1) is 6.54 Å². The van der Waals surface area contributed by atoms with Crippen molar-refractivity contribution in [1.82, 2.24) is 10.6 Å². The van der Waals surface area contributed by atoms with Crippen molar-refractivity contribution in [1.29, 1.82) is 0 Å². The van der Waals surface area contributed by atoms with Crippen LogP contribution >= 0.6 is 11.3 Å². The van der Waals surface area contributed by atoms with E-state index in [0.29, 0.717) is 6.54 Å². The average molecular weight is 340 g/mol. The van der Waals surface area contributed by atoms with Crippen LogP contribution in [0.3, 0.4) is 0 Å². The Labute approximate surface area is 143 Å². The Hall–Kier alpha value is -1.11. The third kappa shape index (κ3) is 6.89. The van der Waals surface area contributed by atoms with Gasteiger partial charge in [-0.1, -0.05) is 0 Å². The Kier molecular flexibility index (Phi) is 7.33. The molecule has 1 unspecified atom stereocenters. The number of aliphatic hydroxyl groups is 1. The van der Waals surface area contributed by atoms with Gasteiger partial charge in [-0.3, -0.25) is 0 Å². The predicted molar refractivity (Wildman–Crippen MR) is 96.0 cm³/mol. The largest absolute Gasteiger partial charge is 0.383 e. The first kappa shape index (κ1) is 18.2. The highest BCUT2D eigenvalue weighted by molar-refractivity contribution is 7.08. The Balaban J connectivity index is 1.70. The third-order valence-electron chi connectivity index (χ3n) is 3.84. The first-order chi connectivity index (χ1) is 11.1. The number of hydrogen-bond donors (Lipinski definition) is 3. The summed E-state index contributed by atoms with van der Waals surface area (Å²) >= 11 is 1.59. The van der Waals surface area contributed by atoms with Crippen molar-refractivity contribution in [3.05, 3.63) is 22.4 Å². The molecule has 1 fully saturated rings. The summed E-state index contributed by atoms with van der Waals surface area (Å²) in [5.41, 5.74) is -0.0222. The number of thiophene rings is 1. The van der Waals surface area contributed by atoms with Crippen LogP contribution in [0, 0.1) is 5.92 Å². The van der Waals surface area contributed by atoms with Crippen LogP contribution in [-0.2, 0) is 10.3 Å². The lowest BCUT2D eigenvalue weighted by Crippen LogP contribution is -2.39. The van der Waals surface area contributed by atoms with E-state index in [4.69, 9.17) is 4.74 Å². The summed E-state index contributed by atoms with van der Waals surface area (Å²) in [7, 11) is 0. The van der Waals surface area contributed by atoms with Gasteiger partial charge in [0.1, 0.15) is 5.60 Å². The van der Waals surface area contributed by atoms with Gasteiger partial charge >= 0.3 is 0 Å². The van der Waals surface area contributed by atoms with Crippen LogP contribution < -0.4 is 10.6 Å². The van der Waals surface area contributed by atoms with Crippen molar-refractivity contribution in [2.45, 2.75) is 38.7 Å². The van der Waals surface area contributed by atoms with Gasteiger partial charge in [0.15, 0.2) is 5.96 Å². The molecule has 0 aliphatic heterocycles. The number of hydrogen-bond acceptors (Lipinski definition) is 4. The van der Waals surface area contributed by atoms with Crippen LogP contribution in [0.5, 0.6) is 0 Å². The summed E-state index contributed by atoms with van der Waals surface area (Å²) < 4.78 is 5.62. The molecule has 6 heteroatoms. The molecule has 1 saturated carbocycles. The van der Waals surface area contributed by atoms with Crippen molar-refractivity contribution in [2.75, 3.05) is 32.8 Å². The number of aliphatic imine (C=N–C) groups is 1. The summed E-state index contributed by atoms with van der Waals surface area (Å²) in [6, 6.07) is 1.94. The van der Waals surface area contributed by atoms with Gasteiger partial charge in [0.2, 0.25) is 0 Å². The maximum absolute atomic E-state index is 10.5. The molecule has 1 heterocycles. The first-order valence-corrected chi connectivity index (χ1v) is 9.41. The van der Waals surface area contributed by atoms with E-state index in [0.717, 1.165) is 50.2 Å². The Bertz CT molecular complexity index is 470. The minimum atomic E-state index is -0.935. The van der Waals surface area contributed by atoms with Crippen LogP contribution in [0.1, 0.15) is 38.7 Å². The molecule has 1 aliphatic rings. The molecule has 1 aliphatic carbocycles. The SMILES string of the molecule is CCNC(=NCC(C)(O)c1ccsc1)NCCCOCC1CC1. The minimum absolute atomic E-state index is 0.331. The number of nitrogens with zero attached hydrogens (tertiary/aromatic N) is 1. The Morgan fingerprint density at radius 1 is 1.48 bits per heavy atom. The zero-order valence-electron chi connectivity index (χ0n) is 14.2. The minimum Gasteiger partial charge on any atom is -0.383 e. The molecule has 0 saturated heterocycles. The molecular formula is C17H29N3O2S. The van der Waals surface area contributed by atoms with Crippen molar-refractivity contribution in [2.24, 2.45) is 10.9 Å². The van der Waals surface area contributed by atoms with E-state index in [2.05, 4.69) is 15.6 Å². The molecule has 1 aromatic rings. The lowest BCUT2D eigenvalue weighted by Gasteiger charge is -2.21.